The summed E-state index contributed by atoms with van der Waals surface area (Å²) in [6.07, 6.45) is 1.87. The van der Waals surface area contributed by atoms with Crippen LogP contribution in [0.15, 0.2) is 48.5 Å². The van der Waals surface area contributed by atoms with E-state index in [4.69, 9.17) is 9.84 Å². The molecule has 0 bridgehead atoms. The van der Waals surface area contributed by atoms with Crippen molar-refractivity contribution in [2.75, 3.05) is 31.7 Å². The minimum absolute atomic E-state index is 0.0419. The van der Waals surface area contributed by atoms with E-state index in [0.29, 0.717) is 25.3 Å². The first kappa shape index (κ1) is 25.1. The van der Waals surface area contributed by atoms with Gasteiger partial charge < -0.3 is 20.1 Å². The van der Waals surface area contributed by atoms with E-state index in [0.717, 1.165) is 22.3 Å². The number of carbonyl (C=O) groups is 3. The van der Waals surface area contributed by atoms with Crippen molar-refractivity contribution < 1.29 is 24.2 Å². The second kappa shape index (κ2) is 11.2. The van der Waals surface area contributed by atoms with Crippen LogP contribution in [0, 0.1) is 11.8 Å². The van der Waals surface area contributed by atoms with Gasteiger partial charge in [0, 0.05) is 19.0 Å². The summed E-state index contributed by atoms with van der Waals surface area (Å²) < 4.78 is 5.65. The molecular formula is C27H32N2O5S. The van der Waals surface area contributed by atoms with E-state index >= 15 is 0 Å². The maximum absolute atomic E-state index is 13.3. The second-order valence-electron chi connectivity index (χ2n) is 9.38. The molecule has 2 unspecified atom stereocenters. The molecular weight excluding hydrogens is 464 g/mol. The van der Waals surface area contributed by atoms with Gasteiger partial charge in [-0.25, -0.2) is 4.79 Å². The minimum atomic E-state index is -0.855. The zero-order valence-electron chi connectivity index (χ0n) is 20.1. The van der Waals surface area contributed by atoms with Crippen LogP contribution >= 0.6 is 11.8 Å². The summed E-state index contributed by atoms with van der Waals surface area (Å²) in [7, 11) is 0. The van der Waals surface area contributed by atoms with Crippen molar-refractivity contribution >= 4 is 29.7 Å². The number of alkyl carbamates (subject to hydrolysis) is 1. The third kappa shape index (κ3) is 5.64. The maximum Gasteiger partial charge on any atom is 0.407 e. The average Bonchev–Trinajstić information content (AvgIpc) is 3.37. The first-order valence-corrected chi connectivity index (χ1v) is 13.4. The highest BCUT2D eigenvalue weighted by atomic mass is 32.2. The molecule has 0 saturated carbocycles. The van der Waals surface area contributed by atoms with Gasteiger partial charge in [-0.05, 0) is 52.5 Å². The first-order chi connectivity index (χ1) is 16.9. The third-order valence-corrected chi connectivity index (χ3v) is 7.70. The highest BCUT2D eigenvalue weighted by Crippen LogP contribution is 2.44. The Morgan fingerprint density at radius 3 is 2.31 bits per heavy atom. The van der Waals surface area contributed by atoms with Crippen LogP contribution in [0.5, 0.6) is 0 Å². The van der Waals surface area contributed by atoms with Crippen molar-refractivity contribution in [1.82, 2.24) is 10.2 Å². The first-order valence-electron chi connectivity index (χ1n) is 12.0. The lowest BCUT2D eigenvalue weighted by Gasteiger charge is -2.24. The molecule has 0 spiro atoms. The number of nitrogens with one attached hydrogen (secondary N) is 1. The molecule has 1 saturated heterocycles. The molecule has 2 amide bonds. The number of carboxylic acids is 1. The summed E-state index contributed by atoms with van der Waals surface area (Å²) in [5, 5.41) is 11.9. The number of rotatable bonds is 9. The van der Waals surface area contributed by atoms with Gasteiger partial charge in [-0.1, -0.05) is 55.5 Å². The summed E-state index contributed by atoms with van der Waals surface area (Å²) >= 11 is 1.60. The number of thioether (sulfide) groups is 1. The number of hydrogen-bond donors (Lipinski definition) is 2. The number of hydrogen-bond acceptors (Lipinski definition) is 5. The van der Waals surface area contributed by atoms with Crippen molar-refractivity contribution in [2.24, 2.45) is 11.8 Å². The van der Waals surface area contributed by atoms with Gasteiger partial charge in [0.05, 0.1) is 6.42 Å². The van der Waals surface area contributed by atoms with Gasteiger partial charge in [-0.15, -0.1) is 0 Å². The normalized spacial score (nSPS) is 19.7. The summed E-state index contributed by atoms with van der Waals surface area (Å²) in [5.41, 5.74) is 4.58. The van der Waals surface area contributed by atoms with Gasteiger partial charge in [-0.3, -0.25) is 9.59 Å². The second-order valence-corrected chi connectivity index (χ2v) is 10.4. The smallest absolute Gasteiger partial charge is 0.407 e. The van der Waals surface area contributed by atoms with Crippen molar-refractivity contribution in [3.63, 3.8) is 0 Å². The summed E-state index contributed by atoms with van der Waals surface area (Å²) in [4.78, 5) is 38.9. The molecule has 35 heavy (non-hydrogen) atoms. The zero-order valence-corrected chi connectivity index (χ0v) is 20.9. The van der Waals surface area contributed by atoms with Crippen molar-refractivity contribution in [3.05, 3.63) is 59.7 Å². The topological polar surface area (TPSA) is 95.9 Å². The van der Waals surface area contributed by atoms with Crippen LogP contribution in [-0.2, 0) is 14.3 Å². The SMILES string of the molecule is CSCC[C@@H](NC(=O)OCC1c2ccccc2-c2ccccc21)C(=O)N1CC(C)C(CC(=O)O)C1. The molecule has 1 aliphatic heterocycles. The number of benzene rings is 2. The van der Waals surface area contributed by atoms with E-state index in [1.807, 2.05) is 37.4 Å². The lowest BCUT2D eigenvalue weighted by atomic mass is 9.95. The zero-order chi connectivity index (χ0) is 24.9. The lowest BCUT2D eigenvalue weighted by molar-refractivity contribution is -0.138. The molecule has 1 heterocycles. The van der Waals surface area contributed by atoms with E-state index in [2.05, 4.69) is 29.6 Å². The summed E-state index contributed by atoms with van der Waals surface area (Å²) in [5.74, 6) is -0.344. The Morgan fingerprint density at radius 2 is 1.71 bits per heavy atom. The number of nitrogens with zero attached hydrogens (tertiary/aromatic N) is 1. The Hall–Kier alpha value is -3.00. The Bertz CT molecular complexity index is 1050. The van der Waals surface area contributed by atoms with Gasteiger partial charge in [0.2, 0.25) is 5.91 Å². The Morgan fingerprint density at radius 1 is 1.09 bits per heavy atom. The Kier molecular flexibility index (Phi) is 8.00. The number of amides is 2. The van der Waals surface area contributed by atoms with Gasteiger partial charge in [0.25, 0.3) is 0 Å². The van der Waals surface area contributed by atoms with Crippen LogP contribution in [0.25, 0.3) is 11.1 Å². The standard InChI is InChI=1S/C27H32N2O5S/c1-17-14-29(15-18(17)13-25(30)31)26(32)24(11-12-35-2)28-27(33)34-16-23-21-9-5-3-7-19(21)20-8-4-6-10-22(20)23/h3-10,17-18,23-24H,11-16H2,1-2H3,(H,28,33)(H,30,31)/t17?,18?,24-/m1/s1. The van der Waals surface area contributed by atoms with Gasteiger partial charge in [0.15, 0.2) is 0 Å². The molecule has 4 rings (SSSR count). The van der Waals surface area contributed by atoms with Crippen molar-refractivity contribution in [1.29, 1.82) is 0 Å². The highest BCUT2D eigenvalue weighted by Gasteiger charge is 2.37. The molecule has 1 aliphatic carbocycles. The highest BCUT2D eigenvalue weighted by molar-refractivity contribution is 7.98. The predicted octanol–water partition coefficient (Wildman–Crippen LogP) is 4.22. The fraction of sp³-hybridized carbons (Fsp3) is 0.444. The number of ether oxygens (including phenoxy) is 1. The summed E-state index contributed by atoms with van der Waals surface area (Å²) in [6, 6.07) is 15.6. The van der Waals surface area contributed by atoms with Crippen molar-refractivity contribution in [3.8, 4) is 11.1 Å². The fourth-order valence-corrected chi connectivity index (χ4v) is 5.67. The molecule has 2 aromatic rings. The fourth-order valence-electron chi connectivity index (χ4n) is 5.20. The molecule has 8 heteroatoms. The predicted molar refractivity (Wildman–Crippen MR) is 136 cm³/mol. The number of carboxylic acid groups (broad SMARTS) is 1. The molecule has 3 atom stereocenters. The largest absolute Gasteiger partial charge is 0.481 e. The van der Waals surface area contributed by atoms with Crippen LogP contribution < -0.4 is 5.32 Å². The maximum atomic E-state index is 13.3. The van der Waals surface area contributed by atoms with E-state index in [1.165, 1.54) is 0 Å². The van der Waals surface area contributed by atoms with Crippen LogP contribution in [-0.4, -0.2) is 65.7 Å². The molecule has 2 aliphatic rings. The van der Waals surface area contributed by atoms with Gasteiger partial charge in [-0.2, -0.15) is 11.8 Å². The molecule has 2 N–H and O–H groups in total. The van der Waals surface area contributed by atoms with E-state index in [9.17, 15) is 14.4 Å². The van der Waals surface area contributed by atoms with Crippen LogP contribution in [0.3, 0.4) is 0 Å². The number of likely N-dealkylation sites (tertiary alicyclic amines) is 1. The molecule has 0 radical (unpaired) electrons. The van der Waals surface area contributed by atoms with E-state index < -0.39 is 18.1 Å². The lowest BCUT2D eigenvalue weighted by Crippen LogP contribution is -2.48. The minimum Gasteiger partial charge on any atom is -0.481 e. The van der Waals surface area contributed by atoms with Gasteiger partial charge in [0.1, 0.15) is 12.6 Å². The van der Waals surface area contributed by atoms with E-state index in [-0.39, 0.29) is 36.7 Å². The van der Waals surface area contributed by atoms with Crippen LogP contribution in [0.2, 0.25) is 0 Å². The Labute approximate surface area is 210 Å². The molecule has 7 nitrogen and oxygen atoms in total. The van der Waals surface area contributed by atoms with Crippen molar-refractivity contribution in [2.45, 2.75) is 31.7 Å². The number of fused-ring (bicyclic) bond motifs is 3. The molecule has 186 valence electrons. The number of carbonyl (C=O) groups excluding carboxylic acids is 2. The van der Waals surface area contributed by atoms with Crippen LogP contribution in [0.1, 0.15) is 36.8 Å². The molecule has 2 aromatic carbocycles. The van der Waals surface area contributed by atoms with Gasteiger partial charge >= 0.3 is 12.1 Å². The monoisotopic (exact) mass is 496 g/mol. The molecule has 0 aromatic heterocycles. The third-order valence-electron chi connectivity index (χ3n) is 7.06. The van der Waals surface area contributed by atoms with E-state index in [1.54, 1.807) is 16.7 Å². The summed E-state index contributed by atoms with van der Waals surface area (Å²) in [6.45, 7) is 3.05. The van der Waals surface area contributed by atoms with Crippen LogP contribution in [0.4, 0.5) is 4.79 Å². The number of aliphatic carboxylic acids is 1. The Balaban J connectivity index is 1.40. The quantitative estimate of drug-likeness (QED) is 0.540. The average molecular weight is 497 g/mol. The molecule has 1 fully saturated rings.